The SMILES string of the molecule is O=C(O)/C=C/c1csc(Cn2cccn2)c1OCCc1ccc2ccccc2c1. The first kappa shape index (κ1) is 19.0. The highest BCUT2D eigenvalue weighted by Crippen LogP contribution is 2.33. The number of ether oxygens (including phenoxy) is 1. The molecule has 1 N–H and O–H groups in total. The van der Waals surface area contributed by atoms with Gasteiger partial charge in [0.25, 0.3) is 0 Å². The van der Waals surface area contributed by atoms with Crippen molar-refractivity contribution in [2.24, 2.45) is 0 Å². The van der Waals surface area contributed by atoms with Crippen LogP contribution in [-0.4, -0.2) is 27.5 Å². The van der Waals surface area contributed by atoms with Crippen LogP contribution in [-0.2, 0) is 17.8 Å². The van der Waals surface area contributed by atoms with E-state index in [2.05, 4.69) is 35.4 Å². The summed E-state index contributed by atoms with van der Waals surface area (Å²) in [6.45, 7) is 1.10. The summed E-state index contributed by atoms with van der Waals surface area (Å²) in [4.78, 5) is 11.9. The molecule has 2 aromatic heterocycles. The molecule has 0 spiro atoms. The van der Waals surface area contributed by atoms with Crippen LogP contribution in [0.15, 0.2) is 72.4 Å². The number of thiophene rings is 1. The number of aromatic nitrogens is 2. The molecule has 146 valence electrons. The van der Waals surface area contributed by atoms with Gasteiger partial charge in [-0.1, -0.05) is 42.5 Å². The Labute approximate surface area is 172 Å². The summed E-state index contributed by atoms with van der Waals surface area (Å²) in [6.07, 6.45) is 7.11. The third-order valence-corrected chi connectivity index (χ3v) is 5.54. The summed E-state index contributed by atoms with van der Waals surface area (Å²) < 4.78 is 7.96. The first-order chi connectivity index (χ1) is 14.2. The minimum Gasteiger partial charge on any atom is -0.491 e. The fourth-order valence-electron chi connectivity index (χ4n) is 3.16. The summed E-state index contributed by atoms with van der Waals surface area (Å²) in [6, 6.07) is 16.6. The van der Waals surface area contributed by atoms with E-state index in [1.165, 1.54) is 16.3 Å². The van der Waals surface area contributed by atoms with Gasteiger partial charge in [-0.25, -0.2) is 4.79 Å². The molecule has 0 amide bonds. The van der Waals surface area contributed by atoms with Gasteiger partial charge < -0.3 is 9.84 Å². The van der Waals surface area contributed by atoms with Crippen LogP contribution in [0.3, 0.4) is 0 Å². The molecule has 0 aliphatic heterocycles. The number of rotatable bonds is 8. The maximum atomic E-state index is 10.9. The van der Waals surface area contributed by atoms with Crippen LogP contribution in [0.5, 0.6) is 5.75 Å². The summed E-state index contributed by atoms with van der Waals surface area (Å²) in [5, 5.41) is 17.6. The monoisotopic (exact) mass is 404 g/mol. The Morgan fingerprint density at radius 2 is 2.03 bits per heavy atom. The van der Waals surface area contributed by atoms with Gasteiger partial charge in [0.2, 0.25) is 0 Å². The van der Waals surface area contributed by atoms with E-state index in [1.807, 2.05) is 34.5 Å². The van der Waals surface area contributed by atoms with E-state index in [0.29, 0.717) is 13.2 Å². The Balaban J connectivity index is 1.50. The van der Waals surface area contributed by atoms with Crippen molar-refractivity contribution in [3.8, 4) is 5.75 Å². The normalized spacial score (nSPS) is 11.3. The van der Waals surface area contributed by atoms with E-state index in [-0.39, 0.29) is 0 Å². The second kappa shape index (κ2) is 8.75. The van der Waals surface area contributed by atoms with Gasteiger partial charge in [0.1, 0.15) is 5.75 Å². The predicted octanol–water partition coefficient (Wildman–Crippen LogP) is 4.87. The van der Waals surface area contributed by atoms with Crippen molar-refractivity contribution in [1.29, 1.82) is 0 Å². The van der Waals surface area contributed by atoms with Crippen LogP contribution in [0.4, 0.5) is 0 Å². The largest absolute Gasteiger partial charge is 0.491 e. The number of nitrogens with zero attached hydrogens (tertiary/aromatic N) is 2. The highest BCUT2D eigenvalue weighted by Gasteiger charge is 2.13. The first-order valence-electron chi connectivity index (χ1n) is 9.28. The van der Waals surface area contributed by atoms with Crippen molar-refractivity contribution >= 4 is 34.2 Å². The second-order valence-electron chi connectivity index (χ2n) is 6.60. The zero-order valence-electron chi connectivity index (χ0n) is 15.7. The lowest BCUT2D eigenvalue weighted by Crippen LogP contribution is -2.05. The van der Waals surface area contributed by atoms with E-state index >= 15 is 0 Å². The lowest BCUT2D eigenvalue weighted by atomic mass is 10.1. The van der Waals surface area contributed by atoms with Crippen molar-refractivity contribution in [2.75, 3.05) is 6.61 Å². The highest BCUT2D eigenvalue weighted by molar-refractivity contribution is 7.10. The van der Waals surface area contributed by atoms with Crippen LogP contribution in [0.2, 0.25) is 0 Å². The number of carboxylic acid groups (broad SMARTS) is 1. The average molecular weight is 404 g/mol. The fraction of sp³-hybridized carbons (Fsp3) is 0.130. The van der Waals surface area contributed by atoms with Gasteiger partial charge >= 0.3 is 5.97 Å². The summed E-state index contributed by atoms with van der Waals surface area (Å²) in [5.74, 6) is -0.254. The molecule has 0 aliphatic carbocycles. The molecule has 6 heteroatoms. The average Bonchev–Trinajstić information content (AvgIpc) is 3.37. The van der Waals surface area contributed by atoms with Gasteiger partial charge in [0.05, 0.1) is 18.0 Å². The number of benzene rings is 2. The molecule has 0 saturated heterocycles. The van der Waals surface area contributed by atoms with Gasteiger partial charge in [-0.3, -0.25) is 4.68 Å². The van der Waals surface area contributed by atoms with Crippen molar-refractivity contribution < 1.29 is 14.6 Å². The van der Waals surface area contributed by atoms with E-state index in [0.717, 1.165) is 28.7 Å². The topological polar surface area (TPSA) is 64.3 Å². The van der Waals surface area contributed by atoms with Crippen LogP contribution < -0.4 is 4.74 Å². The summed E-state index contributed by atoms with van der Waals surface area (Å²) >= 11 is 1.54. The molecule has 2 heterocycles. The summed E-state index contributed by atoms with van der Waals surface area (Å²) in [5.41, 5.74) is 1.98. The van der Waals surface area contributed by atoms with Crippen LogP contribution >= 0.6 is 11.3 Å². The molecule has 0 atom stereocenters. The number of hydrogen-bond acceptors (Lipinski definition) is 4. The van der Waals surface area contributed by atoms with E-state index < -0.39 is 5.97 Å². The van der Waals surface area contributed by atoms with Crippen molar-refractivity contribution in [3.05, 3.63) is 88.4 Å². The highest BCUT2D eigenvalue weighted by atomic mass is 32.1. The second-order valence-corrected chi connectivity index (χ2v) is 7.56. The quantitative estimate of drug-likeness (QED) is 0.426. The molecule has 5 nitrogen and oxygen atoms in total. The Morgan fingerprint density at radius 1 is 1.17 bits per heavy atom. The molecule has 29 heavy (non-hydrogen) atoms. The standard InChI is InChI=1S/C23H20N2O3S/c26-22(27)9-8-20-16-29-21(15-25-12-3-11-24-25)23(20)28-13-10-17-6-7-18-4-1-2-5-19(18)14-17/h1-9,11-12,14,16H,10,13,15H2,(H,26,27)/b9-8+. The molecular weight excluding hydrogens is 384 g/mol. The molecule has 0 saturated carbocycles. The van der Waals surface area contributed by atoms with Gasteiger partial charge in [-0.15, -0.1) is 11.3 Å². The Bertz CT molecular complexity index is 1150. The van der Waals surface area contributed by atoms with Crippen LogP contribution in [0, 0.1) is 0 Å². The van der Waals surface area contributed by atoms with E-state index in [1.54, 1.807) is 23.6 Å². The van der Waals surface area contributed by atoms with E-state index in [4.69, 9.17) is 9.84 Å². The number of carboxylic acids is 1. The third-order valence-electron chi connectivity index (χ3n) is 4.56. The van der Waals surface area contributed by atoms with Crippen molar-refractivity contribution in [3.63, 3.8) is 0 Å². The van der Waals surface area contributed by atoms with Crippen LogP contribution in [0.1, 0.15) is 16.0 Å². The van der Waals surface area contributed by atoms with Gasteiger partial charge in [-0.2, -0.15) is 5.10 Å². The fourth-order valence-corrected chi connectivity index (χ4v) is 4.10. The lowest BCUT2D eigenvalue weighted by Gasteiger charge is -2.10. The molecule has 4 rings (SSSR count). The Hall–Kier alpha value is -3.38. The molecule has 4 aromatic rings. The zero-order valence-corrected chi connectivity index (χ0v) is 16.5. The first-order valence-corrected chi connectivity index (χ1v) is 10.2. The maximum Gasteiger partial charge on any atom is 0.328 e. The molecule has 2 aromatic carbocycles. The third kappa shape index (κ3) is 4.73. The molecular formula is C23H20N2O3S. The maximum absolute atomic E-state index is 10.9. The van der Waals surface area contributed by atoms with Gasteiger partial charge in [-0.05, 0) is 28.5 Å². The smallest absolute Gasteiger partial charge is 0.328 e. The van der Waals surface area contributed by atoms with Crippen LogP contribution in [0.25, 0.3) is 16.8 Å². The zero-order chi connectivity index (χ0) is 20.1. The molecule has 0 fully saturated rings. The number of fused-ring (bicyclic) bond motifs is 1. The van der Waals surface area contributed by atoms with E-state index in [9.17, 15) is 4.79 Å². The van der Waals surface area contributed by atoms with Crippen molar-refractivity contribution in [1.82, 2.24) is 9.78 Å². The van der Waals surface area contributed by atoms with Gasteiger partial charge in [0.15, 0.2) is 0 Å². The lowest BCUT2D eigenvalue weighted by molar-refractivity contribution is -0.131. The minimum absolute atomic E-state index is 0.509. The number of carbonyl (C=O) groups is 1. The van der Waals surface area contributed by atoms with Crippen molar-refractivity contribution in [2.45, 2.75) is 13.0 Å². The molecule has 0 bridgehead atoms. The van der Waals surface area contributed by atoms with Gasteiger partial charge in [0, 0.05) is 35.8 Å². The molecule has 0 radical (unpaired) electrons. The Morgan fingerprint density at radius 3 is 2.83 bits per heavy atom. The molecule has 0 unspecified atom stereocenters. The predicted molar refractivity (Wildman–Crippen MR) is 115 cm³/mol. The molecule has 0 aliphatic rings. The number of hydrogen-bond donors (Lipinski definition) is 1. The number of aliphatic carboxylic acids is 1. The Kier molecular flexibility index (Phi) is 5.72. The minimum atomic E-state index is -0.980. The summed E-state index contributed by atoms with van der Waals surface area (Å²) in [7, 11) is 0.